The molecule has 122 heavy (non-hydrogen) atoms. The Morgan fingerprint density at radius 2 is 0.885 bits per heavy atom. The average Bonchev–Trinajstić information content (AvgIpc) is 1.57. The van der Waals surface area contributed by atoms with Crippen LogP contribution in [0.3, 0.4) is 0 Å². The normalized spacial score (nSPS) is 28.2. The van der Waals surface area contributed by atoms with Gasteiger partial charge in [-0.2, -0.15) is 0 Å². The number of Topliss-reactive ketones (excluding diaryl/α,β-unsaturated/α-hetero) is 2. The number of carbonyl (C=O) groups excluding carboxylic acids is 8. The fraction of sp³-hybridized carbons (Fsp3) is 0.659. The number of fused-ring (bicyclic) bond motifs is 6. The summed E-state index contributed by atoms with van der Waals surface area (Å²) in [7, 11) is -1.67. The molecule has 28 nitrogen and oxygen atoms in total. The summed E-state index contributed by atoms with van der Waals surface area (Å²) in [4.78, 5) is 126. The number of allylic oxidation sites excluding steroid dienone is 4. The maximum Gasteiger partial charge on any atom is 0.307 e. The van der Waals surface area contributed by atoms with Crippen LogP contribution < -0.4 is 37.9 Å². The predicted molar refractivity (Wildman–Crippen MR) is 441 cm³/mol. The predicted octanol–water partition coefficient (Wildman–Crippen LogP) is 12.4. The summed E-state index contributed by atoms with van der Waals surface area (Å²) < 4.78 is 171. The molecular weight excluding hydrogens is 1630 g/mol. The molecule has 2 N–H and O–H groups in total. The number of aromatic nitrogens is 2. The van der Waals surface area contributed by atoms with Gasteiger partial charge in [-0.1, -0.05) is 52.0 Å². The third-order valence-electron chi connectivity index (χ3n) is 25.6. The molecule has 4 aliphatic carbocycles. The molecule has 0 spiro atoms. The highest BCUT2D eigenvalue weighted by atomic mass is 32.2. The standard InChI is InChI=1S/2C44H59F2N3O11S/c2*1-26-10-8-9-11-28-22-44(28,41(53)48-61(54,55)31-13-14-31)23-36(50)35-20-30(59-39-32-15-12-29(57-7)19-34(32)37(24-47-39)58-17-16-56-6)25-49(35)40(52)33(27(2)18-26)21-38(51)60-42(3,4)43(5,45)46/h2*9,11-12,15,19,24,26-28,30-31,33,35H,8,10,13-14,16-18,20-23,25H2,1-7H3,(H,48,53)/b2*11-9-/t26-,27+,28+,30+,33-,35-,44+;26-,27-,28-,30-,33+,35+,44-/m01/s1. The Hall–Kier alpha value is -8.76. The number of hydrogen-bond acceptors (Lipinski definition) is 24. The fourth-order valence-corrected chi connectivity index (χ4v) is 19.7. The Morgan fingerprint density at radius 1 is 0.516 bits per heavy atom. The smallest absolute Gasteiger partial charge is 0.307 e. The lowest BCUT2D eigenvalue weighted by Crippen LogP contribution is -2.48. The Kier molecular flexibility index (Phi) is 29.2. The van der Waals surface area contributed by atoms with E-state index in [-0.39, 0.29) is 88.4 Å². The molecule has 4 saturated carbocycles. The van der Waals surface area contributed by atoms with Crippen LogP contribution in [0.2, 0.25) is 0 Å². The quantitative estimate of drug-likeness (QED) is 0.0231. The summed E-state index contributed by atoms with van der Waals surface area (Å²) in [5, 5.41) is 1.08. The van der Waals surface area contributed by atoms with Gasteiger partial charge in [0.1, 0.15) is 48.4 Å². The van der Waals surface area contributed by atoms with Crippen molar-refractivity contribution >= 4 is 88.7 Å². The van der Waals surface area contributed by atoms with Crippen molar-refractivity contribution in [2.24, 2.45) is 58.2 Å². The number of alkyl halides is 4. The lowest BCUT2D eigenvalue weighted by molar-refractivity contribution is -0.197. The number of pyridine rings is 2. The lowest BCUT2D eigenvalue weighted by atomic mass is 9.82. The van der Waals surface area contributed by atoms with Crippen LogP contribution in [0.4, 0.5) is 17.6 Å². The summed E-state index contributed by atoms with van der Waals surface area (Å²) in [6.07, 6.45) is 13.3. The van der Waals surface area contributed by atoms with E-state index in [0.717, 1.165) is 27.7 Å². The van der Waals surface area contributed by atoms with E-state index in [9.17, 15) is 72.8 Å². The van der Waals surface area contributed by atoms with Gasteiger partial charge in [0.2, 0.25) is 55.4 Å². The van der Waals surface area contributed by atoms with Gasteiger partial charge in [-0.05, 0) is 177 Å². The number of benzene rings is 2. The van der Waals surface area contributed by atoms with Crippen LogP contribution in [0, 0.1) is 58.2 Å². The zero-order valence-corrected chi connectivity index (χ0v) is 73.7. The van der Waals surface area contributed by atoms with Gasteiger partial charge in [-0.15, -0.1) is 0 Å². The van der Waals surface area contributed by atoms with E-state index >= 15 is 0 Å². The van der Waals surface area contributed by atoms with Crippen LogP contribution in [-0.2, 0) is 77.4 Å². The molecule has 0 bridgehead atoms. The first-order chi connectivity index (χ1) is 57.4. The molecule has 2 saturated heterocycles. The molecule has 0 radical (unpaired) electrons. The first kappa shape index (κ1) is 93.9. The highest BCUT2D eigenvalue weighted by Gasteiger charge is 2.64. The van der Waals surface area contributed by atoms with E-state index in [0.29, 0.717) is 136 Å². The van der Waals surface area contributed by atoms with Crippen molar-refractivity contribution in [2.75, 3.05) is 68.0 Å². The summed E-state index contributed by atoms with van der Waals surface area (Å²) in [5.41, 5.74) is -7.02. The van der Waals surface area contributed by atoms with Crippen molar-refractivity contribution in [1.29, 1.82) is 0 Å². The van der Waals surface area contributed by atoms with Crippen LogP contribution in [-0.4, -0.2) is 210 Å². The number of ketones is 2. The molecule has 672 valence electrons. The molecule has 12 rings (SSSR count). The monoisotopic (exact) mass is 1750 g/mol. The molecule has 14 atom stereocenters. The van der Waals surface area contributed by atoms with Crippen molar-refractivity contribution in [3.05, 3.63) is 73.1 Å². The first-order valence-corrected chi connectivity index (χ1v) is 45.3. The Balaban J connectivity index is 0.000000238. The number of sulfonamides is 2. The van der Waals surface area contributed by atoms with Crippen LogP contribution in [0.1, 0.15) is 185 Å². The minimum atomic E-state index is -3.93. The largest absolute Gasteiger partial charge is 0.497 e. The Labute approximate surface area is 711 Å². The third kappa shape index (κ3) is 22.1. The lowest BCUT2D eigenvalue weighted by Gasteiger charge is -2.34. The van der Waals surface area contributed by atoms with Crippen molar-refractivity contribution in [3.63, 3.8) is 0 Å². The molecule has 6 fully saturated rings. The highest BCUT2D eigenvalue weighted by Crippen LogP contribution is 2.59. The topological polar surface area (TPSA) is 353 Å². The summed E-state index contributed by atoms with van der Waals surface area (Å²) in [6, 6.07) is 8.25. The number of nitrogens with one attached hydrogen (secondary N) is 2. The first-order valence-electron chi connectivity index (χ1n) is 42.2. The minimum Gasteiger partial charge on any atom is -0.497 e. The second-order valence-electron chi connectivity index (χ2n) is 35.9. The number of methoxy groups -OCH3 is 4. The number of hydrogen-bond donors (Lipinski definition) is 2. The van der Waals surface area contributed by atoms with Gasteiger partial charge < -0.3 is 57.2 Å². The molecule has 4 aromatic rings. The molecule has 2 aromatic heterocycles. The van der Waals surface area contributed by atoms with Crippen molar-refractivity contribution in [1.82, 2.24) is 29.2 Å². The molecular formula is C88H118F4N6O22S2. The van der Waals surface area contributed by atoms with Gasteiger partial charge in [-0.3, -0.25) is 47.8 Å². The van der Waals surface area contributed by atoms with Crippen LogP contribution in [0.25, 0.3) is 21.5 Å². The molecule has 0 unspecified atom stereocenters. The van der Waals surface area contributed by atoms with E-state index in [2.05, 4.69) is 19.4 Å². The number of nitrogens with zero attached hydrogens (tertiary/aromatic N) is 4. The molecule has 2 aromatic carbocycles. The number of halogens is 4. The summed E-state index contributed by atoms with van der Waals surface area (Å²) in [6.45, 7) is 14.4. The number of amides is 4. The van der Waals surface area contributed by atoms with Gasteiger partial charge >= 0.3 is 11.9 Å². The van der Waals surface area contributed by atoms with E-state index in [1.807, 2.05) is 52.0 Å². The van der Waals surface area contributed by atoms with E-state index in [1.54, 1.807) is 50.6 Å². The zero-order valence-electron chi connectivity index (χ0n) is 72.1. The minimum absolute atomic E-state index is 0.00833. The zero-order chi connectivity index (χ0) is 89.0. The number of rotatable bonds is 28. The van der Waals surface area contributed by atoms with Crippen molar-refractivity contribution in [2.45, 2.75) is 243 Å². The second-order valence-corrected chi connectivity index (χ2v) is 39.8. The Bertz CT molecular complexity index is 4540. The summed E-state index contributed by atoms with van der Waals surface area (Å²) >= 11 is 0. The van der Waals surface area contributed by atoms with Gasteiger partial charge in [-0.25, -0.2) is 44.4 Å². The van der Waals surface area contributed by atoms with Crippen molar-refractivity contribution in [3.8, 4) is 34.8 Å². The SMILES string of the molecule is COCCOc1cnc(O[C@@H]2C[C@H]3C(=O)C[C@]4(C(=O)NS(=O)(=O)C5CC5)C[C@H]4/C=C\CC[C@@H](C)C[C@@H](C)[C@H](CC(=O)OC(C)(C)C(C)(F)F)C(=O)N3C2)c2ccc(OC)cc12.COCCOc1cnc(O[C@@H]2C[C@H]3C(=O)C[C@]4(C(=O)NS(=O)(=O)C5CC5)C[C@H]4/C=C\CC[C@H](C)C[C@@H](C)[C@H](CC(=O)OC(C)(C)C(C)(F)F)C(=O)N3C2)c2ccc(OC)cc12. The summed E-state index contributed by atoms with van der Waals surface area (Å²) in [5.74, 6) is -13.5. The Morgan fingerprint density at radius 3 is 1.22 bits per heavy atom. The van der Waals surface area contributed by atoms with Crippen LogP contribution in [0.15, 0.2) is 73.1 Å². The van der Waals surface area contributed by atoms with Gasteiger partial charge in [0.25, 0.3) is 11.8 Å². The maximum atomic E-state index is 15.0. The van der Waals surface area contributed by atoms with E-state index in [4.69, 9.17) is 47.4 Å². The van der Waals surface area contributed by atoms with E-state index < -0.39 is 184 Å². The maximum absolute atomic E-state index is 15.0. The fourth-order valence-electron chi connectivity index (χ4n) is 17.0. The molecule has 4 amide bonds. The van der Waals surface area contributed by atoms with Crippen LogP contribution >= 0.6 is 0 Å². The average molecular weight is 1750 g/mol. The number of ether oxygens (including phenoxy) is 10. The molecule has 6 heterocycles. The van der Waals surface area contributed by atoms with Gasteiger partial charge in [0.15, 0.2) is 22.8 Å². The van der Waals surface area contributed by atoms with Crippen LogP contribution in [0.5, 0.6) is 34.8 Å². The third-order valence-corrected chi connectivity index (χ3v) is 29.3. The van der Waals surface area contributed by atoms with Gasteiger partial charge in [0, 0.05) is 75.3 Å². The van der Waals surface area contributed by atoms with Gasteiger partial charge in [0.05, 0.1) is 111 Å². The second kappa shape index (κ2) is 38.0. The highest BCUT2D eigenvalue weighted by molar-refractivity contribution is 7.91. The van der Waals surface area contributed by atoms with Crippen molar-refractivity contribution < 1.29 is 120 Å². The molecule has 8 aliphatic rings. The number of esters is 2. The number of carbonyl (C=O) groups is 8. The van der Waals surface area contributed by atoms with E-state index in [1.165, 1.54) is 36.4 Å². The molecule has 4 aliphatic heterocycles. The molecule has 34 heteroatoms.